The number of ether oxygens (including phenoxy) is 1. The number of ketones is 1. The van der Waals surface area contributed by atoms with Crippen LogP contribution in [-0.2, 0) is 0 Å². The highest BCUT2D eigenvalue weighted by molar-refractivity contribution is 6.06. The van der Waals surface area contributed by atoms with Gasteiger partial charge in [-0.2, -0.15) is 0 Å². The molecule has 0 radical (unpaired) electrons. The Labute approximate surface area is 150 Å². The smallest absolute Gasteiger partial charge is 0.185 e. The fourth-order valence-corrected chi connectivity index (χ4v) is 2.44. The number of unbranched alkanes of at least 4 members (excludes halogenated alkanes) is 2. The fourth-order valence-electron chi connectivity index (χ4n) is 2.44. The zero-order chi connectivity index (χ0) is 17.9. The van der Waals surface area contributed by atoms with Gasteiger partial charge in [-0.05, 0) is 75.8 Å². The van der Waals surface area contributed by atoms with Crippen LogP contribution < -0.4 is 4.74 Å². The molecule has 0 N–H and O–H groups in total. The molecule has 0 saturated heterocycles. The highest BCUT2D eigenvalue weighted by Gasteiger charge is 2.02. The van der Waals surface area contributed by atoms with Crippen molar-refractivity contribution >= 4 is 11.9 Å². The molecule has 0 heterocycles. The summed E-state index contributed by atoms with van der Waals surface area (Å²) >= 11 is 0. The average Bonchev–Trinajstić information content (AvgIpc) is 2.63. The second-order valence-electron chi connectivity index (χ2n) is 6.35. The Morgan fingerprint density at radius 3 is 2.36 bits per heavy atom. The van der Waals surface area contributed by atoms with Gasteiger partial charge in [0.25, 0.3) is 0 Å². The van der Waals surface area contributed by atoms with Gasteiger partial charge < -0.3 is 9.64 Å². The van der Waals surface area contributed by atoms with Gasteiger partial charge in [-0.25, -0.2) is 0 Å². The molecule has 2 aromatic rings. The molecule has 0 aromatic heterocycles. The Morgan fingerprint density at radius 2 is 1.68 bits per heavy atom. The van der Waals surface area contributed by atoms with Crippen LogP contribution in [0.1, 0.15) is 35.2 Å². The maximum absolute atomic E-state index is 12.2. The van der Waals surface area contributed by atoms with E-state index in [2.05, 4.69) is 19.0 Å². The standard InChI is InChI=1S/C22H27NO2/c1-23(2)17-7-4-8-18-25-21-14-12-20(13-15-21)22(24)16-11-19-9-5-3-6-10-19/h3,5-6,9-16H,4,7-8,17-18H2,1-2H3/b16-11+. The van der Waals surface area contributed by atoms with E-state index >= 15 is 0 Å². The van der Waals surface area contributed by atoms with Gasteiger partial charge >= 0.3 is 0 Å². The Hall–Kier alpha value is -2.39. The van der Waals surface area contributed by atoms with Gasteiger partial charge in [0.15, 0.2) is 5.78 Å². The first-order valence-electron chi connectivity index (χ1n) is 8.80. The second kappa shape index (κ2) is 10.5. The number of rotatable bonds is 10. The average molecular weight is 337 g/mol. The van der Waals surface area contributed by atoms with Crippen LogP contribution in [0.3, 0.4) is 0 Å². The van der Waals surface area contributed by atoms with E-state index < -0.39 is 0 Å². The van der Waals surface area contributed by atoms with Crippen LogP contribution >= 0.6 is 0 Å². The van der Waals surface area contributed by atoms with Gasteiger partial charge in [-0.3, -0.25) is 4.79 Å². The molecule has 25 heavy (non-hydrogen) atoms. The Bertz CT molecular complexity index is 660. The Balaban J connectivity index is 1.75. The summed E-state index contributed by atoms with van der Waals surface area (Å²) in [6, 6.07) is 17.2. The number of carbonyl (C=O) groups excluding carboxylic acids is 1. The minimum atomic E-state index is -0.000844. The van der Waals surface area contributed by atoms with Gasteiger partial charge in [0, 0.05) is 5.56 Å². The quantitative estimate of drug-likeness (QED) is 0.358. The molecular formula is C22H27NO2. The second-order valence-corrected chi connectivity index (χ2v) is 6.35. The molecule has 0 saturated carbocycles. The summed E-state index contributed by atoms with van der Waals surface area (Å²) in [6.45, 7) is 1.84. The predicted molar refractivity (Wildman–Crippen MR) is 104 cm³/mol. The summed E-state index contributed by atoms with van der Waals surface area (Å²) in [7, 11) is 4.18. The molecule has 0 unspecified atom stereocenters. The number of carbonyl (C=O) groups is 1. The first-order chi connectivity index (χ1) is 12.1. The topological polar surface area (TPSA) is 29.5 Å². The molecule has 3 heteroatoms. The number of nitrogens with zero attached hydrogens (tertiary/aromatic N) is 1. The van der Waals surface area contributed by atoms with Crippen LogP contribution in [-0.4, -0.2) is 37.9 Å². The van der Waals surface area contributed by atoms with Crippen LogP contribution in [0.25, 0.3) is 6.08 Å². The lowest BCUT2D eigenvalue weighted by atomic mass is 10.1. The highest BCUT2D eigenvalue weighted by Crippen LogP contribution is 2.14. The van der Waals surface area contributed by atoms with Gasteiger partial charge in [-0.15, -0.1) is 0 Å². The maximum Gasteiger partial charge on any atom is 0.185 e. The van der Waals surface area contributed by atoms with Crippen molar-refractivity contribution in [1.29, 1.82) is 0 Å². The van der Waals surface area contributed by atoms with Crippen molar-refractivity contribution in [1.82, 2.24) is 4.90 Å². The summed E-state index contributed by atoms with van der Waals surface area (Å²) < 4.78 is 5.73. The molecule has 0 amide bonds. The SMILES string of the molecule is CN(C)CCCCCOc1ccc(C(=O)/C=C/c2ccccc2)cc1. The number of benzene rings is 2. The van der Waals surface area contributed by atoms with Crippen molar-refractivity contribution in [2.75, 3.05) is 27.2 Å². The Kier molecular flexibility index (Phi) is 7.93. The molecule has 0 aliphatic carbocycles. The van der Waals surface area contributed by atoms with E-state index in [1.807, 2.05) is 60.7 Å². The van der Waals surface area contributed by atoms with Crippen molar-refractivity contribution in [3.05, 3.63) is 71.8 Å². The van der Waals surface area contributed by atoms with E-state index in [4.69, 9.17) is 4.74 Å². The van der Waals surface area contributed by atoms with E-state index in [1.54, 1.807) is 6.08 Å². The molecule has 2 aromatic carbocycles. The van der Waals surface area contributed by atoms with Crippen molar-refractivity contribution in [3.63, 3.8) is 0 Å². The normalized spacial score (nSPS) is 11.2. The van der Waals surface area contributed by atoms with Crippen molar-refractivity contribution in [3.8, 4) is 5.75 Å². The van der Waals surface area contributed by atoms with Crippen molar-refractivity contribution in [2.45, 2.75) is 19.3 Å². The van der Waals surface area contributed by atoms with E-state index in [-0.39, 0.29) is 5.78 Å². The monoisotopic (exact) mass is 337 g/mol. The van der Waals surface area contributed by atoms with E-state index in [0.717, 1.165) is 24.3 Å². The first-order valence-corrected chi connectivity index (χ1v) is 8.80. The zero-order valence-electron chi connectivity index (χ0n) is 15.2. The van der Waals surface area contributed by atoms with E-state index in [9.17, 15) is 4.79 Å². The molecule has 0 bridgehead atoms. The van der Waals surface area contributed by atoms with E-state index in [0.29, 0.717) is 12.2 Å². The third-order valence-electron chi connectivity index (χ3n) is 3.88. The van der Waals surface area contributed by atoms with Gasteiger partial charge in [0.2, 0.25) is 0 Å². The van der Waals surface area contributed by atoms with Gasteiger partial charge in [0.1, 0.15) is 5.75 Å². The number of hydrogen-bond acceptors (Lipinski definition) is 3. The summed E-state index contributed by atoms with van der Waals surface area (Å²) in [5.41, 5.74) is 1.69. The number of hydrogen-bond donors (Lipinski definition) is 0. The zero-order valence-corrected chi connectivity index (χ0v) is 15.2. The van der Waals surface area contributed by atoms with Crippen LogP contribution in [0.15, 0.2) is 60.7 Å². The fraction of sp³-hybridized carbons (Fsp3) is 0.318. The van der Waals surface area contributed by atoms with Crippen molar-refractivity contribution < 1.29 is 9.53 Å². The Morgan fingerprint density at radius 1 is 0.960 bits per heavy atom. The number of allylic oxidation sites excluding steroid dienone is 1. The molecule has 0 aliphatic rings. The maximum atomic E-state index is 12.2. The van der Waals surface area contributed by atoms with Crippen LogP contribution in [0.4, 0.5) is 0 Å². The minimum Gasteiger partial charge on any atom is -0.494 e. The summed E-state index contributed by atoms with van der Waals surface area (Å²) in [5, 5.41) is 0. The molecule has 0 atom stereocenters. The largest absolute Gasteiger partial charge is 0.494 e. The van der Waals surface area contributed by atoms with Gasteiger partial charge in [0.05, 0.1) is 6.61 Å². The van der Waals surface area contributed by atoms with E-state index in [1.165, 1.54) is 12.8 Å². The summed E-state index contributed by atoms with van der Waals surface area (Å²) in [6.07, 6.45) is 6.85. The summed E-state index contributed by atoms with van der Waals surface area (Å²) in [5.74, 6) is 0.815. The lowest BCUT2D eigenvalue weighted by molar-refractivity contribution is 0.104. The van der Waals surface area contributed by atoms with Gasteiger partial charge in [-0.1, -0.05) is 36.4 Å². The molecule has 0 fully saturated rings. The minimum absolute atomic E-state index is 0.000844. The van der Waals surface area contributed by atoms with Crippen LogP contribution in [0.2, 0.25) is 0 Å². The predicted octanol–water partition coefficient (Wildman–Crippen LogP) is 4.69. The van der Waals surface area contributed by atoms with Crippen molar-refractivity contribution in [2.24, 2.45) is 0 Å². The highest BCUT2D eigenvalue weighted by atomic mass is 16.5. The lowest BCUT2D eigenvalue weighted by Crippen LogP contribution is -2.13. The third kappa shape index (κ3) is 7.36. The molecular weight excluding hydrogens is 310 g/mol. The summed E-state index contributed by atoms with van der Waals surface area (Å²) in [4.78, 5) is 14.4. The molecule has 2 rings (SSSR count). The van der Waals surface area contributed by atoms with Crippen LogP contribution in [0.5, 0.6) is 5.75 Å². The molecule has 3 nitrogen and oxygen atoms in total. The first kappa shape index (κ1) is 18.9. The lowest BCUT2D eigenvalue weighted by Gasteiger charge is -2.09. The van der Waals surface area contributed by atoms with Crippen LogP contribution in [0, 0.1) is 0 Å². The molecule has 0 spiro atoms. The molecule has 132 valence electrons. The third-order valence-corrected chi connectivity index (χ3v) is 3.88. The molecule has 0 aliphatic heterocycles.